The third kappa shape index (κ3) is 5.39. The van der Waals surface area contributed by atoms with E-state index in [4.69, 9.17) is 0 Å². The van der Waals surface area contributed by atoms with Crippen molar-refractivity contribution >= 4 is 29.0 Å². The minimum absolute atomic E-state index is 0.0235. The number of carbonyl (C=O) groups excluding carboxylic acids is 2. The first-order valence-corrected chi connectivity index (χ1v) is 9.32. The first kappa shape index (κ1) is 22.7. The molecule has 1 aromatic heterocycles. The van der Waals surface area contributed by atoms with Crippen molar-refractivity contribution in [1.82, 2.24) is 10.3 Å². The lowest BCUT2D eigenvalue weighted by molar-refractivity contribution is -0.137. The number of rotatable bonds is 5. The Balaban J connectivity index is 1.98. The lowest BCUT2D eigenvalue weighted by Gasteiger charge is -2.15. The Labute approximate surface area is 180 Å². The monoisotopic (exact) mass is 446 g/mol. The molecule has 0 bridgehead atoms. The van der Waals surface area contributed by atoms with E-state index in [0.717, 1.165) is 5.56 Å². The summed E-state index contributed by atoms with van der Waals surface area (Å²) in [5.41, 5.74) is -0.127. The fourth-order valence-electron chi connectivity index (χ4n) is 2.87. The molecule has 0 aliphatic heterocycles. The summed E-state index contributed by atoms with van der Waals surface area (Å²) in [4.78, 5) is 28.8. The maximum Gasteiger partial charge on any atom is 0.416 e. The molecular formula is C22H18F4N4O2. The van der Waals surface area contributed by atoms with E-state index in [0.29, 0.717) is 23.9 Å². The minimum Gasteiger partial charge on any atom is -0.355 e. The van der Waals surface area contributed by atoms with Crippen LogP contribution in [0.5, 0.6) is 0 Å². The van der Waals surface area contributed by atoms with Gasteiger partial charge in [-0.2, -0.15) is 13.2 Å². The number of amides is 2. The van der Waals surface area contributed by atoms with Gasteiger partial charge >= 0.3 is 6.18 Å². The number of alkyl halides is 3. The molecule has 166 valence electrons. The molecular weight excluding hydrogens is 428 g/mol. The summed E-state index contributed by atoms with van der Waals surface area (Å²) >= 11 is 0. The summed E-state index contributed by atoms with van der Waals surface area (Å²) in [7, 11) is 1.41. The number of hydrogen-bond donors (Lipinski definition) is 3. The second-order valence-corrected chi connectivity index (χ2v) is 6.87. The van der Waals surface area contributed by atoms with Gasteiger partial charge in [-0.15, -0.1) is 0 Å². The van der Waals surface area contributed by atoms with Crippen molar-refractivity contribution in [1.29, 1.82) is 0 Å². The van der Waals surface area contributed by atoms with E-state index in [1.807, 2.05) is 19.1 Å². The zero-order valence-corrected chi connectivity index (χ0v) is 17.0. The molecule has 0 saturated carbocycles. The highest BCUT2D eigenvalue weighted by atomic mass is 19.4. The van der Waals surface area contributed by atoms with Gasteiger partial charge in [-0.1, -0.05) is 12.1 Å². The molecule has 1 heterocycles. The van der Waals surface area contributed by atoms with Gasteiger partial charge in [0.25, 0.3) is 11.8 Å². The number of anilines is 3. The molecule has 3 N–H and O–H groups in total. The van der Waals surface area contributed by atoms with E-state index < -0.39 is 34.9 Å². The van der Waals surface area contributed by atoms with E-state index in [-0.39, 0.29) is 17.1 Å². The number of nitrogens with one attached hydrogen (secondary N) is 3. The maximum atomic E-state index is 13.7. The molecule has 2 aromatic carbocycles. The van der Waals surface area contributed by atoms with Crippen LogP contribution in [0.3, 0.4) is 0 Å². The summed E-state index contributed by atoms with van der Waals surface area (Å²) in [5, 5.41) is 7.81. The van der Waals surface area contributed by atoms with Gasteiger partial charge in [0.1, 0.15) is 5.82 Å². The van der Waals surface area contributed by atoms with Gasteiger partial charge in [0.05, 0.1) is 16.8 Å². The highest BCUT2D eigenvalue weighted by Gasteiger charge is 2.32. The fraction of sp³-hybridized carbons (Fsp3) is 0.136. The largest absolute Gasteiger partial charge is 0.416 e. The molecule has 10 heteroatoms. The zero-order valence-electron chi connectivity index (χ0n) is 17.0. The van der Waals surface area contributed by atoms with Gasteiger partial charge in [0, 0.05) is 24.5 Å². The van der Waals surface area contributed by atoms with Crippen LogP contribution in [0, 0.1) is 12.7 Å². The quantitative estimate of drug-likeness (QED) is 0.487. The van der Waals surface area contributed by atoms with Gasteiger partial charge in [-0.3, -0.25) is 9.59 Å². The van der Waals surface area contributed by atoms with Crippen molar-refractivity contribution in [3.05, 3.63) is 82.8 Å². The summed E-state index contributed by atoms with van der Waals surface area (Å²) < 4.78 is 52.7. The third-order valence-corrected chi connectivity index (χ3v) is 4.39. The van der Waals surface area contributed by atoms with Crippen LogP contribution in [0.15, 0.2) is 54.7 Å². The van der Waals surface area contributed by atoms with Gasteiger partial charge < -0.3 is 16.0 Å². The SMILES string of the molecule is CNC(=O)c1cnc(Nc2cccc(C)c2)c(NC(=O)c2cc(F)cc(C(F)(F)F)c2)c1. The lowest BCUT2D eigenvalue weighted by Crippen LogP contribution is -2.20. The Hall–Kier alpha value is -3.95. The molecule has 0 unspecified atom stereocenters. The van der Waals surface area contributed by atoms with Crippen LogP contribution in [0.25, 0.3) is 0 Å². The molecule has 0 atom stereocenters. The summed E-state index contributed by atoms with van der Waals surface area (Å²) in [6.45, 7) is 1.87. The van der Waals surface area contributed by atoms with E-state index >= 15 is 0 Å². The molecule has 3 aromatic rings. The molecule has 0 aliphatic carbocycles. The second-order valence-electron chi connectivity index (χ2n) is 6.87. The van der Waals surface area contributed by atoms with Gasteiger partial charge in [-0.05, 0) is 48.9 Å². The smallest absolute Gasteiger partial charge is 0.355 e. The predicted molar refractivity (Wildman–Crippen MR) is 111 cm³/mol. The summed E-state index contributed by atoms with van der Waals surface area (Å²) in [5.74, 6) is -2.55. The van der Waals surface area contributed by atoms with Crippen LogP contribution in [0.1, 0.15) is 31.8 Å². The van der Waals surface area contributed by atoms with Crippen molar-refractivity contribution < 1.29 is 27.2 Å². The number of carbonyl (C=O) groups is 2. The normalized spacial score (nSPS) is 11.1. The Kier molecular flexibility index (Phi) is 6.42. The van der Waals surface area contributed by atoms with Crippen LogP contribution in [-0.4, -0.2) is 23.8 Å². The van der Waals surface area contributed by atoms with Gasteiger partial charge in [0.2, 0.25) is 0 Å². The van der Waals surface area contributed by atoms with E-state index in [1.54, 1.807) is 12.1 Å². The van der Waals surface area contributed by atoms with Crippen LogP contribution >= 0.6 is 0 Å². The van der Waals surface area contributed by atoms with Crippen molar-refractivity contribution in [2.24, 2.45) is 0 Å². The molecule has 0 spiro atoms. The fourth-order valence-corrected chi connectivity index (χ4v) is 2.87. The Morgan fingerprint density at radius 1 is 0.969 bits per heavy atom. The minimum atomic E-state index is -4.82. The maximum absolute atomic E-state index is 13.7. The van der Waals surface area contributed by atoms with E-state index in [1.165, 1.54) is 19.3 Å². The average Bonchev–Trinajstić information content (AvgIpc) is 2.73. The molecule has 0 aliphatic rings. The number of halogens is 4. The first-order valence-electron chi connectivity index (χ1n) is 9.32. The number of hydrogen-bond acceptors (Lipinski definition) is 4. The third-order valence-electron chi connectivity index (χ3n) is 4.39. The Bertz CT molecular complexity index is 1180. The van der Waals surface area contributed by atoms with Crippen LogP contribution in [-0.2, 0) is 6.18 Å². The molecule has 0 saturated heterocycles. The molecule has 32 heavy (non-hydrogen) atoms. The lowest BCUT2D eigenvalue weighted by atomic mass is 10.1. The number of pyridine rings is 1. The number of benzene rings is 2. The highest BCUT2D eigenvalue weighted by molar-refractivity contribution is 6.07. The molecule has 2 amide bonds. The Morgan fingerprint density at radius 2 is 1.72 bits per heavy atom. The topological polar surface area (TPSA) is 83.1 Å². The van der Waals surface area contributed by atoms with Crippen molar-refractivity contribution in [3.8, 4) is 0 Å². The predicted octanol–water partition coefficient (Wildman–Crippen LogP) is 4.90. The van der Waals surface area contributed by atoms with Gasteiger partial charge in [0.15, 0.2) is 5.82 Å². The molecule has 6 nitrogen and oxygen atoms in total. The second kappa shape index (κ2) is 9.04. The van der Waals surface area contributed by atoms with Crippen molar-refractivity contribution in [2.75, 3.05) is 17.7 Å². The number of nitrogens with zero attached hydrogens (tertiary/aromatic N) is 1. The average molecular weight is 446 g/mol. The Morgan fingerprint density at radius 3 is 2.38 bits per heavy atom. The van der Waals surface area contributed by atoms with Crippen molar-refractivity contribution in [2.45, 2.75) is 13.1 Å². The summed E-state index contributed by atoms with van der Waals surface area (Å²) in [6, 6.07) is 10.1. The van der Waals surface area contributed by atoms with Gasteiger partial charge in [-0.25, -0.2) is 9.37 Å². The van der Waals surface area contributed by atoms with E-state index in [9.17, 15) is 27.2 Å². The van der Waals surface area contributed by atoms with E-state index in [2.05, 4.69) is 20.9 Å². The zero-order chi connectivity index (χ0) is 23.5. The van der Waals surface area contributed by atoms with Crippen LogP contribution in [0.2, 0.25) is 0 Å². The molecule has 0 radical (unpaired) electrons. The number of aromatic nitrogens is 1. The number of aryl methyl sites for hydroxylation is 1. The molecule has 0 fully saturated rings. The standard InChI is InChI=1S/C22H18F4N4O2/c1-12-4-3-5-17(6-12)29-19-18(9-14(11-28-19)20(31)27-2)30-21(32)13-7-15(22(24,25)26)10-16(23)8-13/h3-11H,1-2H3,(H,27,31)(H,28,29)(H,30,32). The van der Waals surface area contributed by atoms with Crippen LogP contribution < -0.4 is 16.0 Å². The first-order chi connectivity index (χ1) is 15.1. The highest BCUT2D eigenvalue weighted by Crippen LogP contribution is 2.31. The molecule has 3 rings (SSSR count). The van der Waals surface area contributed by atoms with Crippen molar-refractivity contribution in [3.63, 3.8) is 0 Å². The summed E-state index contributed by atoms with van der Waals surface area (Å²) in [6.07, 6.45) is -3.55. The van der Waals surface area contributed by atoms with Crippen LogP contribution in [0.4, 0.5) is 34.8 Å².